The van der Waals surface area contributed by atoms with E-state index >= 15 is 0 Å². The number of benzene rings is 2. The molecule has 0 spiro atoms. The van der Waals surface area contributed by atoms with Crippen molar-refractivity contribution in [3.05, 3.63) is 59.1 Å². The van der Waals surface area contributed by atoms with E-state index in [1.54, 1.807) is 7.11 Å². The third-order valence-electron chi connectivity index (χ3n) is 5.42. The summed E-state index contributed by atoms with van der Waals surface area (Å²) < 4.78 is 7.47. The molecular weight excluding hydrogens is 348 g/mol. The minimum Gasteiger partial charge on any atom is -0.497 e. The summed E-state index contributed by atoms with van der Waals surface area (Å²) in [7, 11) is 1.67. The Morgan fingerprint density at radius 3 is 2.46 bits per heavy atom. The lowest BCUT2D eigenvalue weighted by molar-refractivity contribution is -0.658. The van der Waals surface area contributed by atoms with Crippen molar-refractivity contribution in [3.63, 3.8) is 0 Å². The highest BCUT2D eigenvalue weighted by Crippen LogP contribution is 2.36. The summed E-state index contributed by atoms with van der Waals surface area (Å²) in [4.78, 5) is 2.25. The fraction of sp³-hybridized carbons (Fsp3) is 0.381. The standard InChI is InChI=1S/C21H24ClN2O2/c1-26-19-12-10-18(11-13-19)23-15-21(25,16-6-8-17(22)9-7-16)24-14-4-2-3-5-20(23)24/h6-13,25H,2-5,14-15H2,1H3/q+1/t21-/m0/s1. The van der Waals surface area contributed by atoms with Crippen molar-refractivity contribution in [1.29, 1.82) is 0 Å². The Morgan fingerprint density at radius 1 is 1.04 bits per heavy atom. The Hall–Kier alpha value is -2.04. The Labute approximate surface area is 159 Å². The van der Waals surface area contributed by atoms with Crippen molar-refractivity contribution in [2.75, 3.05) is 25.1 Å². The first-order valence-electron chi connectivity index (χ1n) is 9.15. The fourth-order valence-corrected chi connectivity index (χ4v) is 4.16. The highest BCUT2D eigenvalue weighted by Gasteiger charge is 2.51. The highest BCUT2D eigenvalue weighted by molar-refractivity contribution is 6.30. The van der Waals surface area contributed by atoms with Gasteiger partial charge in [0.15, 0.2) is 6.54 Å². The lowest BCUT2D eigenvalue weighted by atomic mass is 10.0. The average molecular weight is 372 g/mol. The maximum absolute atomic E-state index is 11.7. The van der Waals surface area contributed by atoms with E-state index in [0.29, 0.717) is 11.6 Å². The van der Waals surface area contributed by atoms with Crippen LogP contribution >= 0.6 is 11.6 Å². The molecule has 4 rings (SSSR count). The van der Waals surface area contributed by atoms with Gasteiger partial charge in [-0.05, 0) is 55.7 Å². The number of hydrogen-bond acceptors (Lipinski definition) is 3. The molecular formula is C21H24ClN2O2+. The second-order valence-electron chi connectivity index (χ2n) is 6.99. The van der Waals surface area contributed by atoms with Crippen LogP contribution in [0.4, 0.5) is 5.69 Å². The lowest BCUT2D eigenvalue weighted by Gasteiger charge is -2.23. The van der Waals surface area contributed by atoms with E-state index in [-0.39, 0.29) is 0 Å². The Kier molecular flexibility index (Phi) is 4.63. The molecule has 0 aliphatic carbocycles. The third-order valence-corrected chi connectivity index (χ3v) is 5.67. The Morgan fingerprint density at radius 2 is 1.77 bits per heavy atom. The number of aliphatic hydroxyl groups is 1. The number of β-amino-alcohol motifs (C(OH)–C–C–N with tert-alkyl or cyclic N) is 1. The van der Waals surface area contributed by atoms with Crippen LogP contribution in [-0.4, -0.2) is 35.7 Å². The van der Waals surface area contributed by atoms with Crippen molar-refractivity contribution < 1.29 is 14.4 Å². The van der Waals surface area contributed by atoms with E-state index in [0.717, 1.165) is 42.8 Å². The van der Waals surface area contributed by atoms with Gasteiger partial charge in [-0.1, -0.05) is 23.7 Å². The number of hydrogen-bond donors (Lipinski definition) is 1. The van der Waals surface area contributed by atoms with Crippen LogP contribution in [0.15, 0.2) is 48.5 Å². The Balaban J connectivity index is 1.77. The van der Waals surface area contributed by atoms with Crippen molar-refractivity contribution >= 4 is 23.1 Å². The van der Waals surface area contributed by atoms with Gasteiger partial charge in [0.05, 0.1) is 13.7 Å². The average Bonchev–Trinajstić information content (AvgIpc) is 2.82. The molecule has 0 bridgehead atoms. The van der Waals surface area contributed by atoms with Gasteiger partial charge in [0.25, 0.3) is 11.6 Å². The topological polar surface area (TPSA) is 35.7 Å². The molecule has 0 saturated heterocycles. The molecule has 0 saturated carbocycles. The number of nitrogens with zero attached hydrogens (tertiary/aromatic N) is 2. The summed E-state index contributed by atoms with van der Waals surface area (Å²) in [6.07, 6.45) is 4.40. The first-order chi connectivity index (χ1) is 12.6. The summed E-state index contributed by atoms with van der Waals surface area (Å²) in [6.45, 7) is 1.37. The van der Waals surface area contributed by atoms with Gasteiger partial charge in [-0.3, -0.25) is 0 Å². The first-order valence-corrected chi connectivity index (χ1v) is 9.53. The van der Waals surface area contributed by atoms with Crippen molar-refractivity contribution in [3.8, 4) is 5.75 Å². The van der Waals surface area contributed by atoms with E-state index in [1.165, 1.54) is 12.3 Å². The van der Waals surface area contributed by atoms with E-state index in [2.05, 4.69) is 21.6 Å². The summed E-state index contributed by atoms with van der Waals surface area (Å²) in [6, 6.07) is 15.6. The molecule has 1 atom stereocenters. The van der Waals surface area contributed by atoms with Crippen molar-refractivity contribution in [2.24, 2.45) is 0 Å². The minimum atomic E-state index is -1.04. The van der Waals surface area contributed by atoms with Crippen LogP contribution in [-0.2, 0) is 5.72 Å². The van der Waals surface area contributed by atoms with Gasteiger partial charge >= 0.3 is 0 Å². The van der Waals surface area contributed by atoms with E-state index in [1.807, 2.05) is 36.4 Å². The van der Waals surface area contributed by atoms with Gasteiger partial charge in [0, 0.05) is 17.0 Å². The zero-order valence-electron chi connectivity index (χ0n) is 15.0. The summed E-state index contributed by atoms with van der Waals surface area (Å²) in [5.74, 6) is 2.04. The van der Waals surface area contributed by atoms with Gasteiger partial charge in [-0.25, -0.2) is 9.48 Å². The normalized spacial score (nSPS) is 23.0. The molecule has 2 aliphatic heterocycles. The number of amidine groups is 1. The Bertz CT molecular complexity index is 817. The van der Waals surface area contributed by atoms with Gasteiger partial charge in [-0.2, -0.15) is 0 Å². The second kappa shape index (κ2) is 6.93. The van der Waals surface area contributed by atoms with Crippen LogP contribution in [0.25, 0.3) is 0 Å². The van der Waals surface area contributed by atoms with Gasteiger partial charge in [-0.15, -0.1) is 0 Å². The lowest BCUT2D eigenvalue weighted by Crippen LogP contribution is -2.41. The molecule has 2 aliphatic rings. The van der Waals surface area contributed by atoms with Crippen molar-refractivity contribution in [2.45, 2.75) is 31.4 Å². The minimum absolute atomic E-state index is 0.510. The molecule has 26 heavy (non-hydrogen) atoms. The highest BCUT2D eigenvalue weighted by atomic mass is 35.5. The maximum Gasteiger partial charge on any atom is 0.271 e. The largest absolute Gasteiger partial charge is 0.497 e. The number of halogens is 1. The molecule has 1 N–H and O–H groups in total. The quantitative estimate of drug-likeness (QED) is 0.828. The molecule has 5 heteroatoms. The molecule has 4 nitrogen and oxygen atoms in total. The number of rotatable bonds is 3. The SMILES string of the molecule is COc1ccc(N2C[C@](O)(c3ccc(Cl)cc3)[N+]3=C2CCCCC3)cc1. The zero-order valence-corrected chi connectivity index (χ0v) is 15.7. The smallest absolute Gasteiger partial charge is 0.271 e. The molecule has 0 fully saturated rings. The summed E-state index contributed by atoms with van der Waals surface area (Å²) in [5, 5.41) is 12.4. The van der Waals surface area contributed by atoms with E-state index in [9.17, 15) is 5.11 Å². The van der Waals surface area contributed by atoms with Crippen molar-refractivity contribution in [1.82, 2.24) is 0 Å². The molecule has 136 valence electrons. The van der Waals surface area contributed by atoms with Crippen LogP contribution in [0, 0.1) is 0 Å². The monoisotopic (exact) mass is 371 g/mol. The van der Waals surface area contributed by atoms with E-state index in [4.69, 9.17) is 16.3 Å². The van der Waals surface area contributed by atoms with Crippen LogP contribution in [0.2, 0.25) is 5.02 Å². The molecule has 0 unspecified atom stereocenters. The first kappa shape index (κ1) is 17.4. The van der Waals surface area contributed by atoms with Crippen LogP contribution in [0.1, 0.15) is 31.2 Å². The number of ether oxygens (including phenoxy) is 1. The fourth-order valence-electron chi connectivity index (χ4n) is 4.04. The van der Waals surface area contributed by atoms with Gasteiger partial charge < -0.3 is 9.84 Å². The van der Waals surface area contributed by atoms with Crippen LogP contribution in [0.5, 0.6) is 5.75 Å². The van der Waals surface area contributed by atoms with Gasteiger partial charge in [0.2, 0.25) is 0 Å². The summed E-state index contributed by atoms with van der Waals surface area (Å²) >= 11 is 6.06. The molecule has 2 heterocycles. The zero-order chi connectivity index (χ0) is 18.1. The molecule has 0 amide bonds. The molecule has 2 aromatic carbocycles. The molecule has 0 aromatic heterocycles. The van der Waals surface area contributed by atoms with Gasteiger partial charge in [0.1, 0.15) is 11.4 Å². The maximum atomic E-state index is 11.7. The van der Waals surface area contributed by atoms with E-state index < -0.39 is 5.72 Å². The number of methoxy groups -OCH3 is 1. The van der Waals surface area contributed by atoms with Crippen LogP contribution < -0.4 is 9.64 Å². The second-order valence-corrected chi connectivity index (χ2v) is 7.42. The molecule has 2 aromatic rings. The number of anilines is 1. The van der Waals surface area contributed by atoms with Crippen LogP contribution in [0.3, 0.4) is 0 Å². The molecule has 0 radical (unpaired) electrons. The third kappa shape index (κ3) is 2.97. The summed E-state index contributed by atoms with van der Waals surface area (Å²) in [5.41, 5.74) is 0.930. The predicted molar refractivity (Wildman–Crippen MR) is 104 cm³/mol. The predicted octanol–water partition coefficient (Wildman–Crippen LogP) is 4.00.